The van der Waals surface area contributed by atoms with Crippen molar-refractivity contribution in [1.29, 1.82) is 0 Å². The van der Waals surface area contributed by atoms with Crippen LogP contribution in [0.15, 0.2) is 0 Å². The molecule has 2 heterocycles. The molecule has 0 bridgehead atoms. The Morgan fingerprint density at radius 1 is 1.42 bits per heavy atom. The fraction of sp³-hybridized carbons (Fsp3) is 0.846. The number of nitrogens with zero attached hydrogens (tertiary/aromatic N) is 3. The Balaban J connectivity index is 1.84. The second kappa shape index (κ2) is 5.88. The molecule has 2 saturated heterocycles. The summed E-state index contributed by atoms with van der Waals surface area (Å²) in [6.07, 6.45) is 0. The summed E-state index contributed by atoms with van der Waals surface area (Å²) in [4.78, 5) is 29.5. The van der Waals surface area contributed by atoms with Gasteiger partial charge in [0.25, 0.3) is 0 Å². The van der Waals surface area contributed by atoms with Crippen LogP contribution >= 0.6 is 0 Å². The van der Waals surface area contributed by atoms with Gasteiger partial charge in [0, 0.05) is 32.2 Å². The fourth-order valence-electron chi connectivity index (χ4n) is 2.99. The van der Waals surface area contributed by atoms with Gasteiger partial charge in [0.1, 0.15) is 0 Å². The van der Waals surface area contributed by atoms with Gasteiger partial charge in [0.15, 0.2) is 0 Å². The molecule has 6 heteroatoms. The molecule has 2 aliphatic rings. The molecular formula is C13H24N4O2. The van der Waals surface area contributed by atoms with Crippen molar-refractivity contribution in [1.82, 2.24) is 20.0 Å². The predicted octanol–water partition coefficient (Wildman–Crippen LogP) is -1.17. The van der Waals surface area contributed by atoms with Gasteiger partial charge in [-0.1, -0.05) is 6.92 Å². The maximum absolute atomic E-state index is 12.2. The van der Waals surface area contributed by atoms with E-state index in [1.54, 1.807) is 4.90 Å². The highest BCUT2D eigenvalue weighted by molar-refractivity contribution is 5.86. The van der Waals surface area contributed by atoms with Gasteiger partial charge in [-0.05, 0) is 20.0 Å². The standard InChI is InChI=1S/C13H24N4O2/c1-10-6-16(7-11(10)15(2)3)9-13(19)17-5-4-14-12(18)8-17/h10-11H,4-9H2,1-3H3,(H,14,18). The average Bonchev–Trinajstić information content (AvgIpc) is 2.70. The SMILES string of the molecule is CC1CN(CC(=O)N2CCNC(=O)C2)CC1N(C)C. The molecule has 2 aliphatic heterocycles. The van der Waals surface area contributed by atoms with Crippen LogP contribution in [-0.4, -0.2) is 85.9 Å². The third kappa shape index (κ3) is 3.45. The van der Waals surface area contributed by atoms with Crippen molar-refractivity contribution in [2.75, 3.05) is 53.4 Å². The van der Waals surface area contributed by atoms with Crippen LogP contribution < -0.4 is 5.32 Å². The van der Waals surface area contributed by atoms with E-state index in [0.717, 1.165) is 13.1 Å². The number of amides is 2. The molecule has 0 saturated carbocycles. The topological polar surface area (TPSA) is 55.9 Å². The lowest BCUT2D eigenvalue weighted by molar-refractivity contribution is -0.138. The highest BCUT2D eigenvalue weighted by atomic mass is 16.2. The molecule has 2 fully saturated rings. The lowest BCUT2D eigenvalue weighted by Crippen LogP contribution is -2.52. The number of carbonyl (C=O) groups is 2. The summed E-state index contributed by atoms with van der Waals surface area (Å²) >= 11 is 0. The van der Waals surface area contributed by atoms with E-state index < -0.39 is 0 Å². The Kier molecular flexibility index (Phi) is 4.42. The molecule has 0 aromatic carbocycles. The van der Waals surface area contributed by atoms with E-state index in [1.165, 1.54) is 0 Å². The van der Waals surface area contributed by atoms with Crippen molar-refractivity contribution in [3.05, 3.63) is 0 Å². The van der Waals surface area contributed by atoms with E-state index in [0.29, 0.717) is 31.6 Å². The van der Waals surface area contributed by atoms with Gasteiger partial charge in [-0.25, -0.2) is 0 Å². The maximum atomic E-state index is 12.2. The van der Waals surface area contributed by atoms with Crippen molar-refractivity contribution < 1.29 is 9.59 Å². The first-order valence-corrected chi connectivity index (χ1v) is 6.90. The van der Waals surface area contributed by atoms with E-state index in [4.69, 9.17) is 0 Å². The molecule has 2 unspecified atom stereocenters. The number of rotatable bonds is 3. The first-order chi connectivity index (χ1) is 8.97. The maximum Gasteiger partial charge on any atom is 0.239 e. The molecule has 0 aromatic rings. The molecule has 1 N–H and O–H groups in total. The molecule has 6 nitrogen and oxygen atoms in total. The quantitative estimate of drug-likeness (QED) is 0.700. The Morgan fingerprint density at radius 3 is 2.74 bits per heavy atom. The molecular weight excluding hydrogens is 244 g/mol. The minimum Gasteiger partial charge on any atom is -0.353 e. The number of likely N-dealkylation sites (tertiary alicyclic amines) is 1. The second-order valence-electron chi connectivity index (χ2n) is 5.87. The van der Waals surface area contributed by atoms with Crippen LogP contribution in [0.25, 0.3) is 0 Å². The van der Waals surface area contributed by atoms with Crippen molar-refractivity contribution in [2.45, 2.75) is 13.0 Å². The summed E-state index contributed by atoms with van der Waals surface area (Å²) in [6, 6.07) is 0.512. The van der Waals surface area contributed by atoms with Crippen LogP contribution in [0.3, 0.4) is 0 Å². The first-order valence-electron chi connectivity index (χ1n) is 6.90. The van der Waals surface area contributed by atoms with Crippen LogP contribution in [0.4, 0.5) is 0 Å². The second-order valence-corrected chi connectivity index (χ2v) is 5.87. The van der Waals surface area contributed by atoms with Crippen LogP contribution in [0, 0.1) is 5.92 Å². The van der Waals surface area contributed by atoms with Gasteiger partial charge in [-0.3, -0.25) is 14.5 Å². The number of nitrogens with one attached hydrogen (secondary N) is 1. The Bertz CT molecular complexity index is 359. The Labute approximate surface area is 114 Å². The van der Waals surface area contributed by atoms with Gasteiger partial charge < -0.3 is 15.1 Å². The number of hydrogen-bond donors (Lipinski definition) is 1. The van der Waals surface area contributed by atoms with E-state index in [-0.39, 0.29) is 18.4 Å². The monoisotopic (exact) mass is 268 g/mol. The predicted molar refractivity (Wildman–Crippen MR) is 72.7 cm³/mol. The summed E-state index contributed by atoms with van der Waals surface area (Å²) in [7, 11) is 4.17. The average molecular weight is 268 g/mol. The first kappa shape index (κ1) is 14.3. The lowest BCUT2D eigenvalue weighted by atomic mass is 10.1. The number of hydrogen-bond acceptors (Lipinski definition) is 4. The molecule has 2 rings (SSSR count). The van der Waals surface area contributed by atoms with Crippen LogP contribution in [-0.2, 0) is 9.59 Å². The van der Waals surface area contributed by atoms with Crippen LogP contribution in [0.5, 0.6) is 0 Å². The molecule has 0 aliphatic carbocycles. The molecule has 108 valence electrons. The smallest absolute Gasteiger partial charge is 0.239 e. The van der Waals surface area contributed by atoms with Crippen molar-refractivity contribution >= 4 is 11.8 Å². The molecule has 19 heavy (non-hydrogen) atoms. The molecule has 2 amide bonds. The third-order valence-electron chi connectivity index (χ3n) is 4.06. The summed E-state index contributed by atoms with van der Waals surface area (Å²) < 4.78 is 0. The lowest BCUT2D eigenvalue weighted by Gasteiger charge is -2.28. The number of piperazine rings is 1. The fourth-order valence-corrected chi connectivity index (χ4v) is 2.99. The summed E-state index contributed by atoms with van der Waals surface area (Å²) in [5.41, 5.74) is 0. The zero-order chi connectivity index (χ0) is 14.0. The van der Waals surface area contributed by atoms with Crippen LogP contribution in [0.1, 0.15) is 6.92 Å². The summed E-state index contributed by atoms with van der Waals surface area (Å²) in [5.74, 6) is 0.592. The Morgan fingerprint density at radius 2 is 2.16 bits per heavy atom. The van der Waals surface area contributed by atoms with Gasteiger partial charge in [-0.15, -0.1) is 0 Å². The Hall–Kier alpha value is -1.14. The van der Waals surface area contributed by atoms with Crippen molar-refractivity contribution in [3.8, 4) is 0 Å². The third-order valence-corrected chi connectivity index (χ3v) is 4.06. The zero-order valence-electron chi connectivity index (χ0n) is 12.1. The minimum atomic E-state index is -0.0550. The normalized spacial score (nSPS) is 28.8. The molecule has 0 radical (unpaired) electrons. The van der Waals surface area contributed by atoms with E-state index in [2.05, 4.69) is 36.1 Å². The van der Waals surface area contributed by atoms with Crippen molar-refractivity contribution in [2.24, 2.45) is 5.92 Å². The highest BCUT2D eigenvalue weighted by Gasteiger charge is 2.33. The minimum absolute atomic E-state index is 0.0550. The van der Waals surface area contributed by atoms with Gasteiger partial charge in [-0.2, -0.15) is 0 Å². The number of carbonyl (C=O) groups excluding carboxylic acids is 2. The van der Waals surface area contributed by atoms with Gasteiger partial charge >= 0.3 is 0 Å². The van der Waals surface area contributed by atoms with E-state index in [1.807, 2.05) is 0 Å². The molecule has 0 spiro atoms. The number of likely N-dealkylation sites (N-methyl/N-ethyl adjacent to an activating group) is 1. The van der Waals surface area contributed by atoms with Gasteiger partial charge in [0.05, 0.1) is 13.1 Å². The largest absolute Gasteiger partial charge is 0.353 e. The van der Waals surface area contributed by atoms with E-state index in [9.17, 15) is 9.59 Å². The van der Waals surface area contributed by atoms with E-state index >= 15 is 0 Å². The summed E-state index contributed by atoms with van der Waals surface area (Å²) in [5, 5.41) is 2.74. The van der Waals surface area contributed by atoms with Gasteiger partial charge in [0.2, 0.25) is 11.8 Å². The summed E-state index contributed by atoms with van der Waals surface area (Å²) in [6.45, 7) is 5.95. The zero-order valence-corrected chi connectivity index (χ0v) is 12.1. The van der Waals surface area contributed by atoms with Crippen molar-refractivity contribution in [3.63, 3.8) is 0 Å². The molecule has 0 aromatic heterocycles. The highest BCUT2D eigenvalue weighted by Crippen LogP contribution is 2.19. The molecule has 2 atom stereocenters. The van der Waals surface area contributed by atoms with Crippen LogP contribution in [0.2, 0.25) is 0 Å².